The zero-order valence-electron chi connectivity index (χ0n) is 21.3. The van der Waals surface area contributed by atoms with Crippen molar-refractivity contribution in [1.29, 1.82) is 0 Å². The van der Waals surface area contributed by atoms with E-state index >= 15 is 0 Å². The van der Waals surface area contributed by atoms with Gasteiger partial charge in [-0.2, -0.15) is 0 Å². The van der Waals surface area contributed by atoms with Crippen molar-refractivity contribution >= 4 is 11.8 Å². The number of hydrogen-bond donors (Lipinski definition) is 1. The van der Waals surface area contributed by atoms with Gasteiger partial charge in [0.15, 0.2) is 0 Å². The number of hydrogen-bond acceptors (Lipinski definition) is 4. The first-order valence-electron chi connectivity index (χ1n) is 12.6. The van der Waals surface area contributed by atoms with Crippen LogP contribution in [-0.4, -0.2) is 47.6 Å². The summed E-state index contributed by atoms with van der Waals surface area (Å²) >= 11 is 0. The molecule has 0 bridgehead atoms. The van der Waals surface area contributed by atoms with Crippen LogP contribution in [0, 0.1) is 5.92 Å². The molecule has 1 N–H and O–H groups in total. The number of fused-ring (bicyclic) bond motifs is 5. The fourth-order valence-electron chi connectivity index (χ4n) is 5.05. The van der Waals surface area contributed by atoms with Crippen molar-refractivity contribution in [3.8, 4) is 0 Å². The van der Waals surface area contributed by atoms with Gasteiger partial charge in [-0.05, 0) is 60.2 Å². The molecule has 3 aromatic rings. The zero-order valence-corrected chi connectivity index (χ0v) is 21.3. The van der Waals surface area contributed by atoms with E-state index in [9.17, 15) is 4.79 Å². The first kappa shape index (κ1) is 24.9. The number of aliphatic carboxylic acids is 1. The van der Waals surface area contributed by atoms with Gasteiger partial charge in [0.05, 0.1) is 12.0 Å². The lowest BCUT2D eigenvalue weighted by molar-refractivity contribution is -0.138. The minimum atomic E-state index is -0.772. The number of rotatable bonds is 4. The van der Waals surface area contributed by atoms with Crippen molar-refractivity contribution in [2.75, 3.05) is 31.6 Å². The third-order valence-corrected chi connectivity index (χ3v) is 7.01. The molecule has 0 amide bonds. The summed E-state index contributed by atoms with van der Waals surface area (Å²) in [7, 11) is 2.21. The smallest absolute Gasteiger partial charge is 0.310 e. The maximum absolute atomic E-state index is 10.8. The largest absolute Gasteiger partial charge is 0.481 e. The first-order valence-corrected chi connectivity index (χ1v) is 12.6. The average molecular weight is 472 g/mol. The van der Waals surface area contributed by atoms with Gasteiger partial charge in [0.25, 0.3) is 0 Å². The minimum absolute atomic E-state index is 0.418. The third kappa shape index (κ3) is 5.91. The number of piperazine rings is 1. The molecule has 2 aliphatic rings. The van der Waals surface area contributed by atoms with Crippen molar-refractivity contribution < 1.29 is 9.90 Å². The summed E-state index contributed by atoms with van der Waals surface area (Å²) in [6.45, 7) is 9.29. The van der Waals surface area contributed by atoms with Crippen LogP contribution in [0.4, 0.5) is 5.82 Å². The van der Waals surface area contributed by atoms with Crippen LogP contribution in [0.2, 0.25) is 0 Å². The number of carbonyl (C=O) groups is 1. The molecule has 0 radical (unpaired) electrons. The number of likely N-dealkylation sites (N-methyl/N-ethyl adjacent to an activating group) is 1. The van der Waals surface area contributed by atoms with Crippen molar-refractivity contribution in [1.82, 2.24) is 9.88 Å². The SMILES string of the molecule is CC(C)Cc1ccc(C(C)C(=O)O)cc1.CN1CCN2c3ncccc3Cc3ccccc3C2C1. The second kappa shape index (κ2) is 11.0. The maximum atomic E-state index is 10.8. The highest BCUT2D eigenvalue weighted by Gasteiger charge is 2.32. The van der Waals surface area contributed by atoms with E-state index in [1.807, 2.05) is 30.5 Å². The molecule has 5 nitrogen and oxygen atoms in total. The number of anilines is 1. The molecular weight excluding hydrogens is 434 g/mol. The monoisotopic (exact) mass is 471 g/mol. The van der Waals surface area contributed by atoms with Crippen LogP contribution in [0.15, 0.2) is 66.9 Å². The standard InChI is InChI=1S/C17H19N3.C13H18O2/c1-19-9-10-20-16(12-19)15-7-3-2-5-13(15)11-14-6-4-8-18-17(14)20;1-9(2)8-11-4-6-12(7-5-11)10(3)13(14)15/h2-8,16H,9-12H2,1H3;4-7,9-10H,8H2,1-3H3,(H,14,15). The fourth-order valence-corrected chi connectivity index (χ4v) is 5.05. The van der Waals surface area contributed by atoms with Gasteiger partial charge in [0.2, 0.25) is 0 Å². The van der Waals surface area contributed by atoms with Crippen LogP contribution in [0.1, 0.15) is 60.5 Å². The van der Waals surface area contributed by atoms with Gasteiger partial charge in [-0.1, -0.05) is 68.4 Å². The van der Waals surface area contributed by atoms with E-state index in [0.717, 1.165) is 38.0 Å². The quantitative estimate of drug-likeness (QED) is 0.540. The Morgan fingerprint density at radius 2 is 1.71 bits per heavy atom. The van der Waals surface area contributed by atoms with Crippen molar-refractivity contribution in [2.24, 2.45) is 5.92 Å². The molecule has 2 aliphatic heterocycles. The summed E-state index contributed by atoms with van der Waals surface area (Å²) in [5.41, 5.74) is 6.41. The van der Waals surface area contributed by atoms with Crippen molar-refractivity contribution in [2.45, 2.75) is 45.6 Å². The molecule has 35 heavy (non-hydrogen) atoms. The van der Waals surface area contributed by atoms with E-state index in [-0.39, 0.29) is 0 Å². The second-order valence-electron chi connectivity index (χ2n) is 10.2. The molecule has 0 aliphatic carbocycles. The molecule has 2 aromatic carbocycles. The molecule has 1 fully saturated rings. The summed E-state index contributed by atoms with van der Waals surface area (Å²) in [5.74, 6) is 0.624. The highest BCUT2D eigenvalue weighted by atomic mass is 16.4. The molecule has 1 aromatic heterocycles. The lowest BCUT2D eigenvalue weighted by Gasteiger charge is -2.41. The molecule has 2 atom stereocenters. The predicted molar refractivity (Wildman–Crippen MR) is 142 cm³/mol. The molecule has 0 spiro atoms. The molecule has 5 heteroatoms. The van der Waals surface area contributed by atoms with Crippen LogP contribution in [0.3, 0.4) is 0 Å². The van der Waals surface area contributed by atoms with Gasteiger partial charge in [0.1, 0.15) is 5.82 Å². The van der Waals surface area contributed by atoms with E-state index in [2.05, 4.69) is 72.1 Å². The van der Waals surface area contributed by atoms with E-state index in [0.29, 0.717) is 12.0 Å². The molecule has 2 unspecified atom stereocenters. The lowest BCUT2D eigenvalue weighted by Crippen LogP contribution is -2.47. The van der Waals surface area contributed by atoms with Crippen molar-refractivity contribution in [3.63, 3.8) is 0 Å². The van der Waals surface area contributed by atoms with Crippen LogP contribution in [-0.2, 0) is 17.6 Å². The van der Waals surface area contributed by atoms with Crippen LogP contribution in [0.25, 0.3) is 0 Å². The van der Waals surface area contributed by atoms with Crippen LogP contribution < -0.4 is 4.90 Å². The fraction of sp³-hybridized carbons (Fsp3) is 0.400. The van der Waals surface area contributed by atoms with Gasteiger partial charge < -0.3 is 14.9 Å². The first-order chi connectivity index (χ1) is 16.8. The summed E-state index contributed by atoms with van der Waals surface area (Å²) in [6, 6.07) is 21.4. The van der Waals surface area contributed by atoms with Crippen molar-refractivity contribution in [3.05, 3.63) is 94.7 Å². The van der Waals surface area contributed by atoms with Gasteiger partial charge >= 0.3 is 5.97 Å². The number of benzene rings is 2. The number of aromatic nitrogens is 1. The number of carboxylic acids is 1. The molecular formula is C30H37N3O2. The third-order valence-electron chi connectivity index (χ3n) is 7.01. The Hall–Kier alpha value is -3.18. The Morgan fingerprint density at radius 3 is 2.43 bits per heavy atom. The predicted octanol–water partition coefficient (Wildman–Crippen LogP) is 5.55. The summed E-state index contributed by atoms with van der Waals surface area (Å²) < 4.78 is 0. The number of carboxylic acid groups (broad SMARTS) is 1. The minimum Gasteiger partial charge on any atom is -0.481 e. The summed E-state index contributed by atoms with van der Waals surface area (Å²) in [6.07, 6.45) is 3.96. The Bertz CT molecular complexity index is 1140. The van der Waals surface area contributed by atoms with Crippen LogP contribution >= 0.6 is 0 Å². The number of pyridine rings is 1. The normalized spacial score (nSPS) is 17.9. The average Bonchev–Trinajstić information content (AvgIpc) is 2.98. The van der Waals surface area contributed by atoms with Gasteiger partial charge in [-0.25, -0.2) is 4.98 Å². The molecule has 3 heterocycles. The summed E-state index contributed by atoms with van der Waals surface area (Å²) in [5, 5.41) is 8.85. The summed E-state index contributed by atoms with van der Waals surface area (Å²) in [4.78, 5) is 20.4. The number of nitrogens with zero attached hydrogens (tertiary/aromatic N) is 3. The van der Waals surface area contributed by atoms with E-state index in [1.54, 1.807) is 6.92 Å². The highest BCUT2D eigenvalue weighted by Crippen LogP contribution is 2.37. The molecule has 5 rings (SSSR count). The van der Waals surface area contributed by atoms with E-state index in [4.69, 9.17) is 5.11 Å². The molecule has 184 valence electrons. The Morgan fingerprint density at radius 1 is 1.00 bits per heavy atom. The Kier molecular flexibility index (Phi) is 7.86. The Labute approximate surface area is 209 Å². The van der Waals surface area contributed by atoms with Gasteiger partial charge in [-0.15, -0.1) is 0 Å². The molecule has 1 saturated heterocycles. The zero-order chi connectivity index (χ0) is 24.9. The van der Waals surface area contributed by atoms with Gasteiger partial charge in [-0.3, -0.25) is 4.79 Å². The Balaban J connectivity index is 0.000000174. The van der Waals surface area contributed by atoms with Gasteiger partial charge in [0, 0.05) is 32.3 Å². The second-order valence-corrected chi connectivity index (χ2v) is 10.2. The van der Waals surface area contributed by atoms with Crippen LogP contribution in [0.5, 0.6) is 0 Å². The van der Waals surface area contributed by atoms with E-state index < -0.39 is 11.9 Å². The maximum Gasteiger partial charge on any atom is 0.310 e. The highest BCUT2D eigenvalue weighted by molar-refractivity contribution is 5.75. The molecule has 0 saturated carbocycles. The lowest BCUT2D eigenvalue weighted by atomic mass is 9.96. The topological polar surface area (TPSA) is 56.7 Å². The van der Waals surface area contributed by atoms with E-state index in [1.165, 1.54) is 28.1 Å².